The number of benzene rings is 2. The van der Waals surface area contributed by atoms with Gasteiger partial charge in [-0.1, -0.05) is 36.2 Å². The van der Waals surface area contributed by atoms with Crippen molar-refractivity contribution in [3.63, 3.8) is 0 Å². The largest absolute Gasteiger partial charge is 0.329 e. The maximum Gasteiger partial charge on any atom is 0.254 e. The van der Waals surface area contributed by atoms with Crippen molar-refractivity contribution in [1.82, 2.24) is 4.90 Å². The van der Waals surface area contributed by atoms with Crippen LogP contribution in [-0.2, 0) is 4.79 Å². The predicted octanol–water partition coefficient (Wildman–Crippen LogP) is 5.10. The number of amides is 2. The topological polar surface area (TPSA) is 49.4 Å². The van der Waals surface area contributed by atoms with Gasteiger partial charge in [-0.25, -0.2) is 0 Å². The molecule has 2 amide bonds. The van der Waals surface area contributed by atoms with Gasteiger partial charge in [0.1, 0.15) is 6.54 Å². The van der Waals surface area contributed by atoms with Crippen molar-refractivity contribution in [3.05, 3.63) is 63.1 Å². The third-order valence-corrected chi connectivity index (χ3v) is 4.64. The van der Waals surface area contributed by atoms with Gasteiger partial charge in [0.15, 0.2) is 0 Å². The summed E-state index contributed by atoms with van der Waals surface area (Å²) in [6, 6.07) is 10.4. The van der Waals surface area contributed by atoms with Crippen LogP contribution in [0.3, 0.4) is 0 Å². The van der Waals surface area contributed by atoms with Gasteiger partial charge in [-0.2, -0.15) is 0 Å². The Morgan fingerprint density at radius 1 is 1.04 bits per heavy atom. The minimum absolute atomic E-state index is 0.0531. The number of carbonyl (C=O) groups is 2. The number of aryl methyl sites for hydroxylation is 2. The normalized spacial score (nSPS) is 10.5. The standard InChI is InChI=1S/C20H22Cl2N2O2/c1-4-9-24(20(26)15-6-5-13(2)14(3)10-15)12-19(25)23-18-11-16(21)7-8-17(18)22/h5-8,10-11H,4,9,12H2,1-3H3,(H,23,25). The van der Waals surface area contributed by atoms with Crippen LogP contribution in [0.1, 0.15) is 34.8 Å². The van der Waals surface area contributed by atoms with E-state index < -0.39 is 0 Å². The molecule has 0 fully saturated rings. The molecule has 0 saturated heterocycles. The maximum atomic E-state index is 12.8. The van der Waals surface area contributed by atoms with Crippen LogP contribution in [-0.4, -0.2) is 29.8 Å². The number of nitrogens with one attached hydrogen (secondary N) is 1. The summed E-state index contributed by atoms with van der Waals surface area (Å²) in [6.07, 6.45) is 0.752. The van der Waals surface area contributed by atoms with E-state index in [9.17, 15) is 9.59 Å². The zero-order chi connectivity index (χ0) is 19.3. The number of carbonyl (C=O) groups excluding carboxylic acids is 2. The van der Waals surface area contributed by atoms with Gasteiger partial charge >= 0.3 is 0 Å². The Morgan fingerprint density at radius 2 is 1.77 bits per heavy atom. The summed E-state index contributed by atoms with van der Waals surface area (Å²) in [5.41, 5.74) is 3.17. The average Bonchev–Trinajstić information content (AvgIpc) is 2.59. The summed E-state index contributed by atoms with van der Waals surface area (Å²) in [5.74, 6) is -0.484. The Hall–Kier alpha value is -2.04. The number of rotatable bonds is 6. The van der Waals surface area contributed by atoms with E-state index in [1.54, 1.807) is 24.3 Å². The molecule has 2 aromatic rings. The van der Waals surface area contributed by atoms with Gasteiger partial charge in [0, 0.05) is 17.1 Å². The van der Waals surface area contributed by atoms with Crippen LogP contribution in [0.2, 0.25) is 10.0 Å². The highest BCUT2D eigenvalue weighted by atomic mass is 35.5. The average molecular weight is 393 g/mol. The van der Waals surface area contributed by atoms with Gasteiger partial charge in [0.25, 0.3) is 5.91 Å². The molecule has 2 rings (SSSR count). The smallest absolute Gasteiger partial charge is 0.254 e. The fraction of sp³-hybridized carbons (Fsp3) is 0.300. The molecule has 0 radical (unpaired) electrons. The monoisotopic (exact) mass is 392 g/mol. The number of nitrogens with zero attached hydrogens (tertiary/aromatic N) is 1. The van der Waals surface area contributed by atoms with Crippen LogP contribution in [0.15, 0.2) is 36.4 Å². The number of anilines is 1. The highest BCUT2D eigenvalue weighted by molar-refractivity contribution is 6.35. The fourth-order valence-electron chi connectivity index (χ4n) is 2.54. The van der Waals surface area contributed by atoms with Gasteiger partial charge in [-0.3, -0.25) is 9.59 Å². The highest BCUT2D eigenvalue weighted by Gasteiger charge is 2.19. The second kappa shape index (κ2) is 9.06. The van der Waals surface area contributed by atoms with Crippen molar-refractivity contribution in [1.29, 1.82) is 0 Å². The van der Waals surface area contributed by atoms with Crippen LogP contribution >= 0.6 is 23.2 Å². The van der Waals surface area contributed by atoms with E-state index in [1.807, 2.05) is 32.9 Å². The van der Waals surface area contributed by atoms with E-state index >= 15 is 0 Å². The van der Waals surface area contributed by atoms with Crippen LogP contribution in [0.25, 0.3) is 0 Å². The van der Waals surface area contributed by atoms with Crippen LogP contribution in [0.4, 0.5) is 5.69 Å². The molecule has 0 bridgehead atoms. The molecule has 1 N–H and O–H groups in total. The molecular weight excluding hydrogens is 371 g/mol. The molecule has 0 unspecified atom stereocenters. The van der Waals surface area contributed by atoms with Gasteiger partial charge in [0.2, 0.25) is 5.91 Å². The van der Waals surface area contributed by atoms with E-state index in [4.69, 9.17) is 23.2 Å². The second-order valence-electron chi connectivity index (χ2n) is 6.20. The Bertz CT molecular complexity index is 821. The van der Waals surface area contributed by atoms with E-state index in [2.05, 4.69) is 5.32 Å². The molecule has 0 aliphatic heterocycles. The summed E-state index contributed by atoms with van der Waals surface area (Å²) in [4.78, 5) is 26.8. The summed E-state index contributed by atoms with van der Waals surface area (Å²) >= 11 is 12.0. The zero-order valence-electron chi connectivity index (χ0n) is 15.1. The van der Waals surface area contributed by atoms with Crippen molar-refractivity contribution in [2.24, 2.45) is 0 Å². The molecule has 2 aromatic carbocycles. The van der Waals surface area contributed by atoms with Gasteiger partial charge < -0.3 is 10.2 Å². The molecule has 6 heteroatoms. The first-order valence-electron chi connectivity index (χ1n) is 8.43. The first kappa shape index (κ1) is 20.3. The van der Waals surface area contributed by atoms with Crippen molar-refractivity contribution in [2.45, 2.75) is 27.2 Å². The molecule has 4 nitrogen and oxygen atoms in total. The quantitative estimate of drug-likeness (QED) is 0.742. The summed E-state index contributed by atoms with van der Waals surface area (Å²) in [5, 5.41) is 3.58. The van der Waals surface area contributed by atoms with Crippen LogP contribution in [0.5, 0.6) is 0 Å². The number of hydrogen-bond donors (Lipinski definition) is 1. The SMILES string of the molecule is CCCN(CC(=O)Nc1cc(Cl)ccc1Cl)C(=O)c1ccc(C)c(C)c1. The molecule has 0 aliphatic carbocycles. The fourth-order valence-corrected chi connectivity index (χ4v) is 2.87. The van der Waals surface area contributed by atoms with Crippen molar-refractivity contribution in [2.75, 3.05) is 18.4 Å². The lowest BCUT2D eigenvalue weighted by atomic mass is 10.1. The summed E-state index contributed by atoms with van der Waals surface area (Å²) in [6.45, 7) is 6.36. The van der Waals surface area contributed by atoms with E-state index in [0.717, 1.165) is 17.5 Å². The first-order chi connectivity index (χ1) is 12.3. The molecular formula is C20H22Cl2N2O2. The lowest BCUT2D eigenvalue weighted by molar-refractivity contribution is -0.116. The Labute approximate surface area is 164 Å². The van der Waals surface area contributed by atoms with Gasteiger partial charge in [-0.15, -0.1) is 0 Å². The third-order valence-electron chi connectivity index (χ3n) is 4.07. The van der Waals surface area contributed by atoms with E-state index in [-0.39, 0.29) is 18.4 Å². The molecule has 0 spiro atoms. The molecule has 0 saturated carbocycles. The molecule has 0 heterocycles. The lowest BCUT2D eigenvalue weighted by Gasteiger charge is -2.22. The number of hydrogen-bond acceptors (Lipinski definition) is 2. The maximum absolute atomic E-state index is 12.8. The van der Waals surface area contributed by atoms with Crippen molar-refractivity contribution in [3.8, 4) is 0 Å². The van der Waals surface area contributed by atoms with Gasteiger partial charge in [0.05, 0.1) is 10.7 Å². The van der Waals surface area contributed by atoms with Crippen LogP contribution in [0, 0.1) is 13.8 Å². The Balaban J connectivity index is 2.13. The summed E-state index contributed by atoms with van der Waals surface area (Å²) < 4.78 is 0. The van der Waals surface area contributed by atoms with Crippen molar-refractivity contribution < 1.29 is 9.59 Å². The molecule has 26 heavy (non-hydrogen) atoms. The van der Waals surface area contributed by atoms with Crippen molar-refractivity contribution >= 4 is 40.7 Å². The minimum atomic E-state index is -0.320. The zero-order valence-corrected chi connectivity index (χ0v) is 16.6. The van der Waals surface area contributed by atoms with E-state index in [0.29, 0.717) is 27.8 Å². The highest BCUT2D eigenvalue weighted by Crippen LogP contribution is 2.25. The van der Waals surface area contributed by atoms with E-state index in [1.165, 1.54) is 4.90 Å². The summed E-state index contributed by atoms with van der Waals surface area (Å²) in [7, 11) is 0. The Morgan fingerprint density at radius 3 is 2.42 bits per heavy atom. The number of halogens is 2. The molecule has 0 aliphatic rings. The second-order valence-corrected chi connectivity index (χ2v) is 7.04. The van der Waals surface area contributed by atoms with Gasteiger partial charge in [-0.05, 0) is 61.7 Å². The van der Waals surface area contributed by atoms with Crippen LogP contribution < -0.4 is 5.32 Å². The molecule has 138 valence electrons. The minimum Gasteiger partial charge on any atom is -0.329 e. The predicted molar refractivity (Wildman–Crippen MR) is 107 cm³/mol. The molecule has 0 aromatic heterocycles. The third kappa shape index (κ3) is 5.23. The molecule has 0 atom stereocenters. The Kier molecular flexibility index (Phi) is 7.06. The lowest BCUT2D eigenvalue weighted by Crippen LogP contribution is -2.38. The first-order valence-corrected chi connectivity index (χ1v) is 9.18.